The predicted molar refractivity (Wildman–Crippen MR) is 136 cm³/mol. The Kier molecular flexibility index (Phi) is 8.83. The fourth-order valence-corrected chi connectivity index (χ4v) is 4.67. The zero-order valence-electron chi connectivity index (χ0n) is 18.4. The summed E-state index contributed by atoms with van der Waals surface area (Å²) in [6, 6.07) is 17.0. The highest BCUT2D eigenvalue weighted by Gasteiger charge is 2.24. The molecule has 1 amide bonds. The van der Waals surface area contributed by atoms with Gasteiger partial charge in [0, 0.05) is 74.7 Å². The highest BCUT2D eigenvalue weighted by Crippen LogP contribution is 2.21. The smallest absolute Gasteiger partial charge is 0.223 e. The van der Waals surface area contributed by atoms with Crippen molar-refractivity contribution in [2.75, 3.05) is 56.0 Å². The number of carbonyl (C=O) groups excluding carboxylic acids is 1. The van der Waals surface area contributed by atoms with Gasteiger partial charge in [-0.15, -0.1) is 0 Å². The number of likely N-dealkylation sites (tertiary alicyclic amines) is 1. The van der Waals surface area contributed by atoms with Crippen LogP contribution in [0.5, 0.6) is 0 Å². The van der Waals surface area contributed by atoms with Crippen LogP contribution < -0.4 is 10.2 Å². The van der Waals surface area contributed by atoms with Gasteiger partial charge >= 0.3 is 0 Å². The standard InChI is InChI=1S/C25H33ClN4O.CH4/c1-20-5-7-24(8-6-20)29-17-15-28(16-18-29)12-11-25(31)30-13-9-22(10-14-30)27-23-4-2-3-21(26)19-23;/h2-8,19,22,27H,9-18H2,1H3;1H4. The molecule has 1 N–H and O–H groups in total. The quantitative estimate of drug-likeness (QED) is 0.671. The minimum absolute atomic E-state index is 0. The van der Waals surface area contributed by atoms with E-state index in [1.54, 1.807) is 0 Å². The second kappa shape index (κ2) is 11.6. The first-order valence-corrected chi connectivity index (χ1v) is 11.8. The highest BCUT2D eigenvalue weighted by atomic mass is 35.5. The van der Waals surface area contributed by atoms with E-state index in [0.29, 0.717) is 18.4 Å². The topological polar surface area (TPSA) is 38.8 Å². The molecule has 0 saturated carbocycles. The molecule has 0 unspecified atom stereocenters. The van der Waals surface area contributed by atoms with Crippen LogP contribution in [0.2, 0.25) is 5.02 Å². The molecule has 4 rings (SSSR count). The van der Waals surface area contributed by atoms with Crippen LogP contribution in [0.25, 0.3) is 0 Å². The monoisotopic (exact) mass is 456 g/mol. The lowest BCUT2D eigenvalue weighted by atomic mass is 10.0. The predicted octanol–water partition coefficient (Wildman–Crippen LogP) is 4.90. The summed E-state index contributed by atoms with van der Waals surface area (Å²) in [5, 5.41) is 4.30. The number of rotatable bonds is 6. The molecule has 0 spiro atoms. The van der Waals surface area contributed by atoms with Crippen LogP contribution in [0.15, 0.2) is 48.5 Å². The summed E-state index contributed by atoms with van der Waals surface area (Å²) >= 11 is 6.07. The van der Waals surface area contributed by atoms with Gasteiger partial charge in [0.25, 0.3) is 0 Å². The number of hydrogen-bond acceptors (Lipinski definition) is 4. The lowest BCUT2D eigenvalue weighted by Crippen LogP contribution is -2.48. The van der Waals surface area contributed by atoms with Crippen molar-refractivity contribution >= 4 is 28.9 Å². The number of amides is 1. The first-order chi connectivity index (χ1) is 15.1. The third-order valence-corrected chi connectivity index (χ3v) is 6.69. The van der Waals surface area contributed by atoms with Crippen molar-refractivity contribution in [1.82, 2.24) is 9.80 Å². The van der Waals surface area contributed by atoms with Gasteiger partial charge in [0.15, 0.2) is 0 Å². The average Bonchev–Trinajstić information content (AvgIpc) is 2.79. The Balaban J connectivity index is 0.00000289. The Morgan fingerprint density at radius 3 is 2.34 bits per heavy atom. The number of halogens is 1. The zero-order chi connectivity index (χ0) is 21.6. The third-order valence-electron chi connectivity index (χ3n) is 6.46. The number of aryl methyl sites for hydroxylation is 1. The second-order valence-electron chi connectivity index (χ2n) is 8.72. The minimum atomic E-state index is 0. The lowest BCUT2D eigenvalue weighted by Gasteiger charge is -2.37. The van der Waals surface area contributed by atoms with Crippen molar-refractivity contribution in [2.45, 2.75) is 39.7 Å². The molecule has 0 atom stereocenters. The van der Waals surface area contributed by atoms with Gasteiger partial charge in [0.2, 0.25) is 5.91 Å². The van der Waals surface area contributed by atoms with E-state index in [1.807, 2.05) is 29.2 Å². The first-order valence-electron chi connectivity index (χ1n) is 11.4. The molecule has 0 aliphatic carbocycles. The molecule has 2 aliphatic rings. The van der Waals surface area contributed by atoms with Crippen LogP contribution in [-0.4, -0.2) is 67.6 Å². The third kappa shape index (κ3) is 6.63. The van der Waals surface area contributed by atoms with Crippen molar-refractivity contribution in [1.29, 1.82) is 0 Å². The molecule has 0 radical (unpaired) electrons. The van der Waals surface area contributed by atoms with Crippen molar-refractivity contribution in [2.24, 2.45) is 0 Å². The van der Waals surface area contributed by atoms with Gasteiger partial charge in [-0.05, 0) is 50.1 Å². The van der Waals surface area contributed by atoms with Gasteiger partial charge in [-0.1, -0.05) is 42.8 Å². The number of piperidine rings is 1. The van der Waals surface area contributed by atoms with E-state index >= 15 is 0 Å². The van der Waals surface area contributed by atoms with Crippen LogP contribution in [0.4, 0.5) is 11.4 Å². The molecule has 2 saturated heterocycles. The van der Waals surface area contributed by atoms with Crippen LogP contribution in [0.3, 0.4) is 0 Å². The maximum Gasteiger partial charge on any atom is 0.223 e. The highest BCUT2D eigenvalue weighted by molar-refractivity contribution is 6.30. The zero-order valence-corrected chi connectivity index (χ0v) is 19.2. The molecule has 6 heteroatoms. The normalized spacial score (nSPS) is 17.7. The summed E-state index contributed by atoms with van der Waals surface area (Å²) in [5.41, 5.74) is 3.66. The van der Waals surface area contributed by atoms with Crippen molar-refractivity contribution in [3.8, 4) is 0 Å². The maximum absolute atomic E-state index is 12.7. The number of nitrogens with one attached hydrogen (secondary N) is 1. The summed E-state index contributed by atoms with van der Waals surface area (Å²) in [5.74, 6) is 0.294. The molecule has 5 nitrogen and oxygen atoms in total. The van der Waals surface area contributed by atoms with E-state index in [4.69, 9.17) is 11.6 Å². The molecular formula is C26H37ClN4O. The molecule has 174 valence electrons. The van der Waals surface area contributed by atoms with Gasteiger partial charge < -0.3 is 15.1 Å². The Hall–Kier alpha value is -2.24. The fourth-order valence-electron chi connectivity index (χ4n) is 4.48. The summed E-state index contributed by atoms with van der Waals surface area (Å²) < 4.78 is 0. The van der Waals surface area contributed by atoms with Crippen LogP contribution in [0.1, 0.15) is 32.3 Å². The van der Waals surface area contributed by atoms with E-state index in [1.165, 1.54) is 11.3 Å². The largest absolute Gasteiger partial charge is 0.382 e. The maximum atomic E-state index is 12.7. The molecule has 32 heavy (non-hydrogen) atoms. The number of benzene rings is 2. The van der Waals surface area contributed by atoms with E-state index < -0.39 is 0 Å². The van der Waals surface area contributed by atoms with Crippen LogP contribution in [-0.2, 0) is 4.79 Å². The van der Waals surface area contributed by atoms with E-state index in [-0.39, 0.29) is 7.43 Å². The number of carbonyl (C=O) groups is 1. The summed E-state index contributed by atoms with van der Waals surface area (Å²) in [6.45, 7) is 8.74. The first kappa shape index (κ1) is 24.4. The SMILES string of the molecule is C.Cc1ccc(N2CCN(CCC(=O)N3CCC(Nc4cccc(Cl)c4)CC3)CC2)cc1. The van der Waals surface area contributed by atoms with Gasteiger partial charge in [0.1, 0.15) is 0 Å². The van der Waals surface area contributed by atoms with E-state index in [0.717, 1.165) is 69.4 Å². The number of anilines is 2. The average molecular weight is 457 g/mol. The summed E-state index contributed by atoms with van der Waals surface area (Å²) in [6.07, 6.45) is 2.58. The Labute approximate surface area is 198 Å². The molecule has 0 aromatic heterocycles. The molecule has 2 heterocycles. The van der Waals surface area contributed by atoms with E-state index in [9.17, 15) is 4.79 Å². The second-order valence-corrected chi connectivity index (χ2v) is 9.16. The molecule has 2 fully saturated rings. The van der Waals surface area contributed by atoms with Gasteiger partial charge in [-0.25, -0.2) is 0 Å². The van der Waals surface area contributed by atoms with Gasteiger partial charge in [0.05, 0.1) is 0 Å². The van der Waals surface area contributed by atoms with Crippen LogP contribution >= 0.6 is 11.6 Å². The van der Waals surface area contributed by atoms with Crippen molar-refractivity contribution in [3.05, 3.63) is 59.1 Å². The van der Waals surface area contributed by atoms with Crippen molar-refractivity contribution < 1.29 is 4.79 Å². The number of piperazine rings is 1. The van der Waals surface area contributed by atoms with E-state index in [2.05, 4.69) is 46.3 Å². The molecule has 0 bridgehead atoms. The summed E-state index contributed by atoms with van der Waals surface area (Å²) in [7, 11) is 0. The Morgan fingerprint density at radius 1 is 1.00 bits per heavy atom. The molecule has 2 aliphatic heterocycles. The van der Waals surface area contributed by atoms with Crippen molar-refractivity contribution in [3.63, 3.8) is 0 Å². The van der Waals surface area contributed by atoms with Gasteiger partial charge in [-0.3, -0.25) is 9.69 Å². The minimum Gasteiger partial charge on any atom is -0.382 e. The molecular weight excluding hydrogens is 420 g/mol. The lowest BCUT2D eigenvalue weighted by molar-refractivity contribution is -0.132. The Morgan fingerprint density at radius 2 is 1.69 bits per heavy atom. The molecule has 2 aromatic rings. The number of hydrogen-bond donors (Lipinski definition) is 1. The number of nitrogens with zero attached hydrogens (tertiary/aromatic N) is 3. The van der Waals surface area contributed by atoms with Crippen LogP contribution in [0, 0.1) is 6.92 Å². The van der Waals surface area contributed by atoms with Gasteiger partial charge in [-0.2, -0.15) is 0 Å². The molecule has 2 aromatic carbocycles. The summed E-state index contributed by atoms with van der Waals surface area (Å²) in [4.78, 5) is 19.6. The Bertz CT molecular complexity index is 856. The fraction of sp³-hybridized carbons (Fsp3) is 0.500.